The van der Waals surface area contributed by atoms with Gasteiger partial charge in [0.1, 0.15) is 5.01 Å². The summed E-state index contributed by atoms with van der Waals surface area (Å²) in [6, 6.07) is 6.60. The molecule has 5 aliphatic carbocycles. The van der Waals surface area contributed by atoms with Crippen LogP contribution in [0.5, 0.6) is 0 Å². The van der Waals surface area contributed by atoms with Crippen LogP contribution in [0.25, 0.3) is 0 Å². The third kappa shape index (κ3) is 4.39. The Kier molecular flexibility index (Phi) is 5.69. The maximum atomic E-state index is 13.5. The largest absolute Gasteiger partial charge is 0.296 e. The first-order valence-electron chi connectivity index (χ1n) is 13.7. The van der Waals surface area contributed by atoms with Gasteiger partial charge < -0.3 is 0 Å². The molecule has 6 fully saturated rings. The molecule has 2 aromatic rings. The Balaban J connectivity index is 1.13. The van der Waals surface area contributed by atoms with Crippen molar-refractivity contribution in [1.82, 2.24) is 15.2 Å². The molecule has 1 aromatic carbocycles. The van der Waals surface area contributed by atoms with Crippen LogP contribution in [0.3, 0.4) is 0 Å². The normalized spacial score (nSPS) is 31.2. The molecule has 2 heterocycles. The van der Waals surface area contributed by atoms with E-state index in [4.69, 9.17) is 0 Å². The van der Waals surface area contributed by atoms with E-state index in [0.717, 1.165) is 61.5 Å². The van der Waals surface area contributed by atoms with Crippen LogP contribution in [-0.4, -0.2) is 53.6 Å². The molecule has 6 aliphatic rings. The number of nitrogens with one attached hydrogen (secondary N) is 1. The van der Waals surface area contributed by atoms with Crippen LogP contribution in [0.15, 0.2) is 34.3 Å². The Bertz CT molecular complexity index is 1300. The topological polar surface area (TPSA) is 105 Å². The van der Waals surface area contributed by atoms with E-state index in [-0.39, 0.29) is 22.3 Å². The number of sulfone groups is 1. The molecule has 0 radical (unpaired) electrons. The second-order valence-corrected chi connectivity index (χ2v) is 15.1. The van der Waals surface area contributed by atoms with Gasteiger partial charge in [-0.2, -0.15) is 5.10 Å². The average molecular weight is 540 g/mol. The maximum Gasteiger partial charge on any atom is 0.278 e. The Morgan fingerprint density at radius 2 is 1.59 bits per heavy atom. The zero-order valence-electron chi connectivity index (χ0n) is 20.9. The fraction of sp³-hybridized carbons (Fsp3) is 0.630. The molecule has 196 valence electrons. The first kappa shape index (κ1) is 23.8. The van der Waals surface area contributed by atoms with Gasteiger partial charge in [0.05, 0.1) is 10.1 Å². The zero-order valence-corrected chi connectivity index (χ0v) is 22.6. The minimum atomic E-state index is -3.28. The van der Waals surface area contributed by atoms with Crippen LogP contribution in [-0.2, 0) is 20.0 Å². The number of hydrazone groups is 1. The highest BCUT2D eigenvalue weighted by atomic mass is 32.2. The summed E-state index contributed by atoms with van der Waals surface area (Å²) in [6.45, 7) is 1.61. The van der Waals surface area contributed by atoms with Crippen molar-refractivity contribution in [3.8, 4) is 0 Å². The number of amides is 1. The van der Waals surface area contributed by atoms with E-state index in [9.17, 15) is 13.2 Å². The van der Waals surface area contributed by atoms with Crippen LogP contribution in [0, 0.1) is 17.8 Å². The lowest BCUT2D eigenvalue weighted by atomic mass is 9.50. The number of hydrogen-bond acceptors (Lipinski definition) is 8. The van der Waals surface area contributed by atoms with Crippen LogP contribution < -0.4 is 5.32 Å². The predicted molar refractivity (Wildman–Crippen MR) is 142 cm³/mol. The molecular weight excluding hydrogens is 506 g/mol. The fourth-order valence-corrected chi connectivity index (χ4v) is 10.2. The fourth-order valence-electron chi connectivity index (χ4n) is 7.57. The van der Waals surface area contributed by atoms with Crippen LogP contribution >= 0.6 is 11.3 Å². The molecule has 1 aliphatic heterocycles. The highest BCUT2D eigenvalue weighted by Gasteiger charge is 2.53. The van der Waals surface area contributed by atoms with Crippen molar-refractivity contribution in [3.05, 3.63) is 34.8 Å². The molecule has 1 N–H and O–H groups in total. The lowest BCUT2D eigenvalue weighted by Crippen LogP contribution is -2.48. The zero-order chi connectivity index (χ0) is 25.2. The molecule has 5 saturated carbocycles. The van der Waals surface area contributed by atoms with Crippen LogP contribution in [0.2, 0.25) is 0 Å². The van der Waals surface area contributed by atoms with E-state index in [0.29, 0.717) is 15.6 Å². The van der Waals surface area contributed by atoms with Gasteiger partial charge in [-0.25, -0.2) is 8.42 Å². The molecular formula is C27H33N5O3S2. The standard InChI is InChI=1S/C27H33N5O3S2/c33-24(28-26-30-29-25(36-26)27-14-17-11-18(15-27)13-19(12-17)16-27)23(31-32-9-1-2-10-32)20-3-5-21(6-4-20)37(34,35)22-7-8-22/h3-6,17-19,22H,1-2,7-16H2,(H,28,30,33)/b31-23+. The van der Waals surface area contributed by atoms with E-state index < -0.39 is 9.84 Å². The highest BCUT2D eigenvalue weighted by molar-refractivity contribution is 7.92. The van der Waals surface area contributed by atoms with Crippen LogP contribution in [0.1, 0.15) is 74.8 Å². The number of nitrogens with zero attached hydrogens (tertiary/aromatic N) is 4. The van der Waals surface area contributed by atoms with Gasteiger partial charge in [0, 0.05) is 24.1 Å². The van der Waals surface area contributed by atoms with Gasteiger partial charge in [0.2, 0.25) is 5.13 Å². The average Bonchev–Trinajstić information content (AvgIpc) is 3.42. The molecule has 1 saturated heterocycles. The van der Waals surface area contributed by atoms with Crippen molar-refractivity contribution in [2.45, 2.75) is 79.8 Å². The van der Waals surface area contributed by atoms with Crippen molar-refractivity contribution >= 4 is 37.9 Å². The molecule has 8 rings (SSSR count). The van der Waals surface area contributed by atoms with Crippen molar-refractivity contribution < 1.29 is 13.2 Å². The smallest absolute Gasteiger partial charge is 0.278 e. The summed E-state index contributed by atoms with van der Waals surface area (Å²) in [5.74, 6) is 2.12. The second-order valence-electron chi connectivity index (χ2n) is 11.9. The van der Waals surface area contributed by atoms with Crippen molar-refractivity contribution in [1.29, 1.82) is 0 Å². The van der Waals surface area contributed by atoms with Crippen LogP contribution in [0.4, 0.5) is 5.13 Å². The molecule has 10 heteroatoms. The lowest BCUT2D eigenvalue weighted by molar-refractivity contribution is -0.110. The molecule has 0 unspecified atom stereocenters. The van der Waals surface area contributed by atoms with Gasteiger partial charge in [-0.3, -0.25) is 15.1 Å². The summed E-state index contributed by atoms with van der Waals surface area (Å²) >= 11 is 1.52. The number of anilines is 1. The molecule has 4 bridgehead atoms. The number of hydrogen-bond donors (Lipinski definition) is 1. The summed E-state index contributed by atoms with van der Waals surface area (Å²) in [5.41, 5.74) is 1.03. The van der Waals surface area contributed by atoms with Gasteiger partial charge in [0.15, 0.2) is 15.5 Å². The van der Waals surface area contributed by atoms with Crippen molar-refractivity contribution in [2.75, 3.05) is 18.4 Å². The highest BCUT2D eigenvalue weighted by Crippen LogP contribution is 2.61. The van der Waals surface area contributed by atoms with E-state index in [2.05, 4.69) is 20.6 Å². The minimum absolute atomic E-state index is 0.144. The summed E-state index contributed by atoms with van der Waals surface area (Å²) < 4.78 is 25.3. The molecule has 37 heavy (non-hydrogen) atoms. The van der Waals surface area contributed by atoms with Gasteiger partial charge >= 0.3 is 0 Å². The number of carbonyl (C=O) groups is 1. The SMILES string of the molecule is O=C(Nc1nnc(C23CC4CC(CC(C4)C2)C3)s1)/C(=N/N1CCCC1)c1ccc(S(=O)(=O)C2CC2)cc1. The lowest BCUT2D eigenvalue weighted by Gasteiger charge is -2.55. The number of rotatable bonds is 7. The number of benzene rings is 1. The molecule has 1 amide bonds. The van der Waals surface area contributed by atoms with Gasteiger partial charge in [0.25, 0.3) is 5.91 Å². The summed E-state index contributed by atoms with van der Waals surface area (Å²) in [6.07, 6.45) is 11.3. The molecule has 0 spiro atoms. The summed E-state index contributed by atoms with van der Waals surface area (Å²) in [7, 11) is -3.28. The summed E-state index contributed by atoms with van der Waals surface area (Å²) in [4.78, 5) is 13.8. The monoisotopic (exact) mass is 539 g/mol. The van der Waals surface area contributed by atoms with E-state index in [1.54, 1.807) is 24.3 Å². The maximum absolute atomic E-state index is 13.5. The molecule has 8 nitrogen and oxygen atoms in total. The van der Waals surface area contributed by atoms with Crippen molar-refractivity contribution in [2.24, 2.45) is 22.9 Å². The quantitative estimate of drug-likeness (QED) is 0.524. The molecule has 1 aromatic heterocycles. The Morgan fingerprint density at radius 3 is 2.19 bits per heavy atom. The summed E-state index contributed by atoms with van der Waals surface area (Å²) in [5, 5.41) is 19.9. The third-order valence-corrected chi connectivity index (χ3v) is 12.5. The van der Waals surface area contributed by atoms with Gasteiger partial charge in [-0.05, 0) is 94.1 Å². The van der Waals surface area contributed by atoms with E-state index in [1.165, 1.54) is 49.9 Å². The second kappa shape index (κ2) is 8.86. The minimum Gasteiger partial charge on any atom is -0.296 e. The van der Waals surface area contributed by atoms with E-state index in [1.807, 2.05) is 5.01 Å². The van der Waals surface area contributed by atoms with Gasteiger partial charge in [-0.15, -0.1) is 10.2 Å². The number of aromatic nitrogens is 2. The first-order chi connectivity index (χ1) is 17.9. The third-order valence-electron chi connectivity index (χ3n) is 9.10. The van der Waals surface area contributed by atoms with E-state index >= 15 is 0 Å². The Morgan fingerprint density at radius 1 is 0.973 bits per heavy atom. The number of carbonyl (C=O) groups excluding carboxylic acids is 1. The Labute approximate surface area is 221 Å². The first-order valence-corrected chi connectivity index (χ1v) is 16.1. The van der Waals surface area contributed by atoms with Crippen molar-refractivity contribution in [3.63, 3.8) is 0 Å². The Hall–Kier alpha value is -2.33. The predicted octanol–water partition coefficient (Wildman–Crippen LogP) is 4.38. The molecule has 0 atom stereocenters. The van der Waals surface area contributed by atoms with Gasteiger partial charge in [-0.1, -0.05) is 23.5 Å².